The van der Waals surface area contributed by atoms with E-state index in [4.69, 9.17) is 31.2 Å². The number of benzene rings is 1. The van der Waals surface area contributed by atoms with Gasteiger partial charge in [0.05, 0.1) is 38.4 Å². The van der Waals surface area contributed by atoms with Crippen molar-refractivity contribution in [3.63, 3.8) is 0 Å². The summed E-state index contributed by atoms with van der Waals surface area (Å²) in [5.74, 6) is 0.377. The van der Waals surface area contributed by atoms with Gasteiger partial charge in [0.15, 0.2) is 11.5 Å². The fourth-order valence-corrected chi connectivity index (χ4v) is 7.11. The molecular formula is C27H30N2O7S3. The smallest absolute Gasteiger partial charge is 0.341 e. The predicted octanol–water partition coefficient (Wildman–Crippen LogP) is 5.06. The van der Waals surface area contributed by atoms with Crippen molar-refractivity contribution in [2.45, 2.75) is 39.0 Å². The number of thiocarbonyl (C=S) groups is 1. The first kappa shape index (κ1) is 28.9. The number of esters is 1. The minimum atomic E-state index is -0.416. The number of nitrogens with one attached hydrogen (secondary N) is 1. The summed E-state index contributed by atoms with van der Waals surface area (Å²) in [6.07, 6.45) is 5.46. The van der Waals surface area contributed by atoms with E-state index >= 15 is 0 Å². The highest BCUT2D eigenvalue weighted by Gasteiger charge is 2.33. The zero-order valence-corrected chi connectivity index (χ0v) is 24.7. The fourth-order valence-electron chi connectivity index (χ4n) is 4.50. The highest BCUT2D eigenvalue weighted by atomic mass is 32.2. The van der Waals surface area contributed by atoms with Gasteiger partial charge in [0.25, 0.3) is 5.91 Å². The van der Waals surface area contributed by atoms with Gasteiger partial charge in [0.2, 0.25) is 11.7 Å². The topological polar surface area (TPSA) is 103 Å². The number of thioether (sulfide) groups is 1. The number of amides is 2. The van der Waals surface area contributed by atoms with Gasteiger partial charge >= 0.3 is 5.97 Å². The third-order valence-corrected chi connectivity index (χ3v) is 8.91. The monoisotopic (exact) mass is 590 g/mol. The van der Waals surface area contributed by atoms with Crippen molar-refractivity contribution in [1.82, 2.24) is 4.90 Å². The molecule has 2 heterocycles. The largest absolute Gasteiger partial charge is 0.493 e. The Kier molecular flexibility index (Phi) is 9.52. The first-order chi connectivity index (χ1) is 18.8. The number of methoxy groups -OCH3 is 3. The number of rotatable bonds is 10. The van der Waals surface area contributed by atoms with Crippen LogP contribution in [0.1, 0.15) is 52.5 Å². The fraction of sp³-hybridized carbons (Fsp3) is 0.407. The highest BCUT2D eigenvalue weighted by molar-refractivity contribution is 8.26. The van der Waals surface area contributed by atoms with Crippen LogP contribution < -0.4 is 19.5 Å². The van der Waals surface area contributed by atoms with Gasteiger partial charge in [-0.05, 0) is 61.9 Å². The molecule has 0 saturated carbocycles. The molecule has 39 heavy (non-hydrogen) atoms. The number of aryl methyl sites for hydroxylation is 1. The lowest BCUT2D eigenvalue weighted by Crippen LogP contribution is -2.31. The van der Waals surface area contributed by atoms with Crippen molar-refractivity contribution >= 4 is 68.5 Å². The molecule has 12 heteroatoms. The Morgan fingerprint density at radius 2 is 1.79 bits per heavy atom. The number of carbonyl (C=O) groups excluding carboxylic acids is 3. The maximum Gasteiger partial charge on any atom is 0.341 e. The van der Waals surface area contributed by atoms with E-state index in [0.717, 1.165) is 47.9 Å². The molecule has 1 saturated heterocycles. The Hall–Kier alpha value is -3.09. The summed E-state index contributed by atoms with van der Waals surface area (Å²) in [5.41, 5.74) is 2.12. The Bertz CT molecular complexity index is 1310. The summed E-state index contributed by atoms with van der Waals surface area (Å²) >= 11 is 8.04. The Morgan fingerprint density at radius 3 is 2.44 bits per heavy atom. The average Bonchev–Trinajstić information content (AvgIpc) is 3.42. The molecule has 0 unspecified atom stereocenters. The van der Waals surface area contributed by atoms with Crippen LogP contribution in [0.15, 0.2) is 17.0 Å². The van der Waals surface area contributed by atoms with E-state index in [-0.39, 0.29) is 31.4 Å². The number of hydrogen-bond acceptors (Lipinski definition) is 10. The van der Waals surface area contributed by atoms with Gasteiger partial charge in [-0.2, -0.15) is 0 Å². The van der Waals surface area contributed by atoms with Crippen molar-refractivity contribution in [2.24, 2.45) is 0 Å². The van der Waals surface area contributed by atoms with Gasteiger partial charge in [0, 0.05) is 17.8 Å². The number of anilines is 1. The van der Waals surface area contributed by atoms with E-state index in [1.165, 1.54) is 37.6 Å². The molecule has 2 amide bonds. The second-order valence-corrected chi connectivity index (χ2v) is 11.5. The van der Waals surface area contributed by atoms with Crippen LogP contribution >= 0.6 is 35.3 Å². The summed E-state index contributed by atoms with van der Waals surface area (Å²) in [4.78, 5) is 41.7. The van der Waals surface area contributed by atoms with Crippen LogP contribution in [-0.2, 0) is 27.2 Å². The quantitative estimate of drug-likeness (QED) is 0.231. The van der Waals surface area contributed by atoms with E-state index in [9.17, 15) is 14.4 Å². The Balaban J connectivity index is 1.45. The predicted molar refractivity (Wildman–Crippen MR) is 156 cm³/mol. The van der Waals surface area contributed by atoms with Gasteiger partial charge in [-0.3, -0.25) is 14.5 Å². The third kappa shape index (κ3) is 6.23. The first-order valence-electron chi connectivity index (χ1n) is 12.5. The lowest BCUT2D eigenvalue weighted by molar-refractivity contribution is -0.122. The van der Waals surface area contributed by atoms with Gasteiger partial charge in [-0.25, -0.2) is 4.79 Å². The molecule has 1 fully saturated rings. The maximum atomic E-state index is 13.1. The normalized spacial score (nSPS) is 15.8. The van der Waals surface area contributed by atoms with Crippen LogP contribution in [0.25, 0.3) is 6.08 Å². The minimum absolute atomic E-state index is 0.0226. The molecule has 4 rings (SSSR count). The molecule has 1 aromatic heterocycles. The zero-order chi connectivity index (χ0) is 28.1. The van der Waals surface area contributed by atoms with E-state index in [1.54, 1.807) is 25.1 Å². The number of carbonyl (C=O) groups is 3. The van der Waals surface area contributed by atoms with Gasteiger partial charge in [-0.15, -0.1) is 11.3 Å². The first-order valence-corrected chi connectivity index (χ1v) is 14.5. The molecule has 1 N–H and O–H groups in total. The van der Waals surface area contributed by atoms with Crippen molar-refractivity contribution in [3.8, 4) is 17.2 Å². The summed E-state index contributed by atoms with van der Waals surface area (Å²) in [5, 5.41) is 3.40. The molecule has 208 valence electrons. The van der Waals surface area contributed by atoms with Crippen molar-refractivity contribution in [3.05, 3.63) is 38.6 Å². The van der Waals surface area contributed by atoms with Crippen LogP contribution in [0.3, 0.4) is 0 Å². The minimum Gasteiger partial charge on any atom is -0.493 e. The number of nitrogens with zero attached hydrogens (tertiary/aromatic N) is 1. The van der Waals surface area contributed by atoms with Crippen molar-refractivity contribution < 1.29 is 33.3 Å². The standard InChI is InChI=1S/C27H30N2O7S3/c1-5-36-26(32)22-16-8-6-7-9-19(16)38-24(22)28-21(30)10-11-29-25(31)20(39-27(29)37)14-15-12-17(33-2)23(35-4)18(13-15)34-3/h12-14H,5-11H2,1-4H3,(H,28,30). The van der Waals surface area contributed by atoms with E-state index in [0.29, 0.717) is 42.6 Å². The number of thiophene rings is 1. The summed E-state index contributed by atoms with van der Waals surface area (Å²) < 4.78 is 21.8. The summed E-state index contributed by atoms with van der Waals surface area (Å²) in [6, 6.07) is 3.48. The lowest BCUT2D eigenvalue weighted by atomic mass is 9.95. The molecule has 1 aliphatic carbocycles. The third-order valence-electron chi connectivity index (χ3n) is 6.32. The molecule has 0 radical (unpaired) electrons. The van der Waals surface area contributed by atoms with Gasteiger partial charge in [-0.1, -0.05) is 24.0 Å². The van der Waals surface area contributed by atoms with Crippen LogP contribution in [0.4, 0.5) is 5.00 Å². The molecule has 0 spiro atoms. The zero-order valence-electron chi connectivity index (χ0n) is 22.2. The maximum absolute atomic E-state index is 13.1. The lowest BCUT2D eigenvalue weighted by Gasteiger charge is -2.14. The van der Waals surface area contributed by atoms with Crippen LogP contribution in [0.2, 0.25) is 0 Å². The average molecular weight is 591 g/mol. The van der Waals surface area contributed by atoms with Crippen LogP contribution in [0.5, 0.6) is 17.2 Å². The molecule has 1 aromatic carbocycles. The molecule has 0 bridgehead atoms. The van der Waals surface area contributed by atoms with Crippen LogP contribution in [-0.4, -0.2) is 61.5 Å². The highest BCUT2D eigenvalue weighted by Crippen LogP contribution is 2.41. The molecule has 1 aliphatic heterocycles. The van der Waals surface area contributed by atoms with Crippen molar-refractivity contribution in [1.29, 1.82) is 0 Å². The second kappa shape index (κ2) is 12.8. The molecule has 0 atom stereocenters. The SMILES string of the molecule is CCOC(=O)c1c(NC(=O)CCN2C(=O)C(=Cc3cc(OC)c(OC)c(OC)c3)SC2=S)sc2c1CCCC2. The molecule has 9 nitrogen and oxygen atoms in total. The number of fused-ring (bicyclic) bond motifs is 1. The molecule has 2 aliphatic rings. The Morgan fingerprint density at radius 1 is 1.10 bits per heavy atom. The molecular weight excluding hydrogens is 561 g/mol. The number of hydrogen-bond donors (Lipinski definition) is 1. The van der Waals surface area contributed by atoms with Crippen molar-refractivity contribution in [2.75, 3.05) is 39.8 Å². The molecule has 2 aromatic rings. The summed E-state index contributed by atoms with van der Waals surface area (Å²) in [7, 11) is 4.56. The Labute approximate surface area is 240 Å². The van der Waals surface area contributed by atoms with E-state index < -0.39 is 5.97 Å². The van der Waals surface area contributed by atoms with E-state index in [1.807, 2.05) is 0 Å². The van der Waals surface area contributed by atoms with Crippen LogP contribution in [0, 0.1) is 0 Å². The van der Waals surface area contributed by atoms with Gasteiger partial charge in [0.1, 0.15) is 9.32 Å². The second-order valence-electron chi connectivity index (χ2n) is 8.73. The van der Waals surface area contributed by atoms with E-state index in [2.05, 4.69) is 5.32 Å². The van der Waals surface area contributed by atoms with Gasteiger partial charge < -0.3 is 24.3 Å². The summed E-state index contributed by atoms with van der Waals surface area (Å²) in [6.45, 7) is 2.13. The number of ether oxygens (including phenoxy) is 4.